The van der Waals surface area contributed by atoms with E-state index in [-0.39, 0.29) is 6.42 Å². The monoisotopic (exact) mass is 279 g/mol. The molecule has 0 saturated carbocycles. The van der Waals surface area contributed by atoms with Crippen LogP contribution in [0.2, 0.25) is 0 Å². The van der Waals surface area contributed by atoms with E-state index in [1.54, 1.807) is 6.92 Å². The molecule has 1 aromatic rings. The van der Waals surface area contributed by atoms with E-state index in [1.807, 2.05) is 0 Å². The Bertz CT molecular complexity index is 454. The number of halogens is 3. The van der Waals surface area contributed by atoms with Crippen LogP contribution in [-0.4, -0.2) is 28.4 Å². The van der Waals surface area contributed by atoms with Gasteiger partial charge in [0.15, 0.2) is 5.69 Å². The molecule has 0 fully saturated rings. The number of esters is 1. The number of alkyl halides is 3. The zero-order chi connectivity index (χ0) is 14.8. The minimum Gasteiger partial charge on any atom is -0.468 e. The van der Waals surface area contributed by atoms with Crippen molar-refractivity contribution in [2.24, 2.45) is 5.73 Å². The van der Waals surface area contributed by atoms with Crippen molar-refractivity contribution >= 4 is 5.97 Å². The molecule has 1 heterocycles. The molecule has 0 aliphatic rings. The van der Waals surface area contributed by atoms with Gasteiger partial charge in [0.25, 0.3) is 0 Å². The quantitative estimate of drug-likeness (QED) is 0.852. The molecule has 2 unspecified atom stereocenters. The van der Waals surface area contributed by atoms with Crippen LogP contribution in [0, 0.1) is 0 Å². The number of methoxy groups -OCH3 is 1. The molecule has 0 amide bonds. The van der Waals surface area contributed by atoms with Gasteiger partial charge in [-0.1, -0.05) is 0 Å². The van der Waals surface area contributed by atoms with Crippen LogP contribution in [0.1, 0.15) is 32.0 Å². The average Bonchev–Trinajstić information content (AvgIpc) is 2.76. The van der Waals surface area contributed by atoms with E-state index >= 15 is 0 Å². The Labute approximate surface area is 108 Å². The standard InChI is InChI=1S/C11H16F3N3O2/c1-7(6-10(2,15)9(18)19-3)17-5-4-8(16-17)11(12,13)14/h4-5,7H,6,15H2,1-3H3. The Morgan fingerprint density at radius 1 is 1.58 bits per heavy atom. The normalized spacial score (nSPS) is 16.8. The van der Waals surface area contributed by atoms with E-state index in [0.29, 0.717) is 0 Å². The number of aromatic nitrogens is 2. The zero-order valence-electron chi connectivity index (χ0n) is 10.9. The van der Waals surface area contributed by atoms with E-state index in [9.17, 15) is 18.0 Å². The van der Waals surface area contributed by atoms with Gasteiger partial charge in [-0.05, 0) is 26.3 Å². The minimum absolute atomic E-state index is 0.110. The maximum absolute atomic E-state index is 12.4. The first-order chi connectivity index (χ1) is 8.58. The highest BCUT2D eigenvalue weighted by Gasteiger charge is 2.35. The van der Waals surface area contributed by atoms with Gasteiger partial charge in [0, 0.05) is 6.20 Å². The number of hydrogen-bond acceptors (Lipinski definition) is 4. The van der Waals surface area contributed by atoms with Gasteiger partial charge >= 0.3 is 12.1 Å². The molecule has 0 saturated heterocycles. The first-order valence-corrected chi connectivity index (χ1v) is 5.57. The highest BCUT2D eigenvalue weighted by Crippen LogP contribution is 2.28. The van der Waals surface area contributed by atoms with Crippen LogP contribution in [0.5, 0.6) is 0 Å². The van der Waals surface area contributed by atoms with Crippen molar-refractivity contribution < 1.29 is 22.7 Å². The van der Waals surface area contributed by atoms with Gasteiger partial charge in [0.1, 0.15) is 5.54 Å². The summed E-state index contributed by atoms with van der Waals surface area (Å²) in [6.07, 6.45) is -3.17. The SMILES string of the molecule is COC(=O)C(C)(N)CC(C)n1ccc(C(F)(F)F)n1. The molecule has 1 rings (SSSR count). The van der Waals surface area contributed by atoms with Crippen LogP contribution in [0.25, 0.3) is 0 Å². The summed E-state index contributed by atoms with van der Waals surface area (Å²) in [7, 11) is 1.20. The zero-order valence-corrected chi connectivity index (χ0v) is 10.9. The maximum Gasteiger partial charge on any atom is 0.435 e. The third-order valence-corrected chi connectivity index (χ3v) is 2.72. The summed E-state index contributed by atoms with van der Waals surface area (Å²) in [5.41, 5.74) is 3.51. The first-order valence-electron chi connectivity index (χ1n) is 5.57. The minimum atomic E-state index is -4.49. The summed E-state index contributed by atoms with van der Waals surface area (Å²) in [5.74, 6) is -0.623. The molecule has 19 heavy (non-hydrogen) atoms. The number of carbonyl (C=O) groups is 1. The predicted octanol–water partition coefficient (Wildman–Crippen LogP) is 1.74. The highest BCUT2D eigenvalue weighted by atomic mass is 19.4. The number of hydrogen-bond donors (Lipinski definition) is 1. The predicted molar refractivity (Wildman–Crippen MR) is 61.2 cm³/mol. The summed E-state index contributed by atoms with van der Waals surface area (Å²) in [4.78, 5) is 11.4. The van der Waals surface area contributed by atoms with Crippen molar-refractivity contribution in [3.63, 3.8) is 0 Å². The van der Waals surface area contributed by atoms with Crippen LogP contribution >= 0.6 is 0 Å². The van der Waals surface area contributed by atoms with Crippen molar-refractivity contribution in [2.45, 2.75) is 38.0 Å². The average molecular weight is 279 g/mol. The van der Waals surface area contributed by atoms with Gasteiger partial charge < -0.3 is 10.5 Å². The molecule has 108 valence electrons. The molecule has 0 aliphatic carbocycles. The first kappa shape index (κ1) is 15.5. The Kier molecular flexibility index (Phi) is 4.24. The smallest absolute Gasteiger partial charge is 0.435 e. The third-order valence-electron chi connectivity index (χ3n) is 2.72. The number of rotatable bonds is 4. The van der Waals surface area contributed by atoms with E-state index < -0.39 is 29.4 Å². The lowest BCUT2D eigenvalue weighted by atomic mass is 9.95. The second-order valence-corrected chi connectivity index (χ2v) is 4.64. The summed E-state index contributed by atoms with van der Waals surface area (Å²) in [5, 5.41) is 3.43. The van der Waals surface area contributed by atoms with E-state index in [4.69, 9.17) is 5.73 Å². The highest BCUT2D eigenvalue weighted by molar-refractivity contribution is 5.79. The van der Waals surface area contributed by atoms with Crippen molar-refractivity contribution in [2.75, 3.05) is 7.11 Å². The molecule has 2 atom stereocenters. The second-order valence-electron chi connectivity index (χ2n) is 4.64. The maximum atomic E-state index is 12.4. The summed E-state index contributed by atoms with van der Waals surface area (Å²) in [6.45, 7) is 3.09. The molecule has 8 heteroatoms. The van der Waals surface area contributed by atoms with Gasteiger partial charge in [0.05, 0.1) is 13.2 Å². The van der Waals surface area contributed by atoms with E-state index in [2.05, 4.69) is 9.84 Å². The van der Waals surface area contributed by atoms with Gasteiger partial charge in [-0.15, -0.1) is 0 Å². The fourth-order valence-corrected chi connectivity index (χ4v) is 1.76. The molecule has 0 aliphatic heterocycles. The Hall–Kier alpha value is -1.57. The van der Waals surface area contributed by atoms with Gasteiger partial charge in [-0.3, -0.25) is 9.48 Å². The van der Waals surface area contributed by atoms with Crippen LogP contribution in [-0.2, 0) is 15.7 Å². The Balaban J connectivity index is 2.82. The Morgan fingerprint density at radius 2 is 2.16 bits per heavy atom. The van der Waals surface area contributed by atoms with Crippen molar-refractivity contribution in [1.29, 1.82) is 0 Å². The molecule has 0 radical (unpaired) electrons. The molecule has 2 N–H and O–H groups in total. The lowest BCUT2D eigenvalue weighted by Gasteiger charge is -2.25. The summed E-state index contributed by atoms with van der Waals surface area (Å²) in [6, 6.07) is 0.410. The number of nitrogens with zero attached hydrogens (tertiary/aromatic N) is 2. The third kappa shape index (κ3) is 3.69. The van der Waals surface area contributed by atoms with Crippen LogP contribution < -0.4 is 5.73 Å². The number of nitrogens with two attached hydrogens (primary N) is 1. The fraction of sp³-hybridized carbons (Fsp3) is 0.636. The lowest BCUT2D eigenvalue weighted by molar-refractivity contribution is -0.147. The molecule has 5 nitrogen and oxygen atoms in total. The van der Waals surface area contributed by atoms with Crippen molar-refractivity contribution in [1.82, 2.24) is 9.78 Å². The van der Waals surface area contributed by atoms with Gasteiger partial charge in [-0.2, -0.15) is 18.3 Å². The molecular formula is C11H16F3N3O2. The molecule has 1 aromatic heterocycles. The summed E-state index contributed by atoms with van der Waals surface area (Å²) >= 11 is 0. The van der Waals surface area contributed by atoms with E-state index in [0.717, 1.165) is 10.7 Å². The number of ether oxygens (including phenoxy) is 1. The molecule has 0 bridgehead atoms. The molecular weight excluding hydrogens is 263 g/mol. The van der Waals surface area contributed by atoms with Crippen LogP contribution in [0.15, 0.2) is 12.3 Å². The fourth-order valence-electron chi connectivity index (χ4n) is 1.76. The number of carbonyl (C=O) groups excluding carboxylic acids is 1. The van der Waals surface area contributed by atoms with Gasteiger partial charge in [-0.25, -0.2) is 0 Å². The second kappa shape index (κ2) is 5.20. The van der Waals surface area contributed by atoms with Crippen LogP contribution in [0.3, 0.4) is 0 Å². The van der Waals surface area contributed by atoms with E-state index in [1.165, 1.54) is 20.2 Å². The molecule has 0 spiro atoms. The lowest BCUT2D eigenvalue weighted by Crippen LogP contribution is -2.47. The van der Waals surface area contributed by atoms with Crippen molar-refractivity contribution in [3.05, 3.63) is 18.0 Å². The largest absolute Gasteiger partial charge is 0.468 e. The summed E-state index contributed by atoms with van der Waals surface area (Å²) < 4.78 is 42.9. The molecule has 0 aromatic carbocycles. The van der Waals surface area contributed by atoms with Crippen molar-refractivity contribution in [3.8, 4) is 0 Å². The Morgan fingerprint density at radius 3 is 2.58 bits per heavy atom. The topological polar surface area (TPSA) is 70.1 Å². The van der Waals surface area contributed by atoms with Gasteiger partial charge in [0.2, 0.25) is 0 Å². The van der Waals surface area contributed by atoms with Crippen LogP contribution in [0.4, 0.5) is 13.2 Å².